The zero-order valence-electron chi connectivity index (χ0n) is 15.0. The van der Waals surface area contributed by atoms with Crippen molar-refractivity contribution in [3.05, 3.63) is 63.6 Å². The first-order valence-electron chi connectivity index (χ1n) is 8.73. The Morgan fingerprint density at radius 1 is 1.08 bits per heavy atom. The minimum atomic E-state index is -0.307. The summed E-state index contributed by atoms with van der Waals surface area (Å²) in [7, 11) is 0. The number of benzene rings is 1. The molecule has 0 atom stereocenters. The van der Waals surface area contributed by atoms with Crippen LogP contribution in [0.5, 0.6) is 5.75 Å². The summed E-state index contributed by atoms with van der Waals surface area (Å²) < 4.78 is 1.99. The summed E-state index contributed by atoms with van der Waals surface area (Å²) >= 11 is 0. The van der Waals surface area contributed by atoms with E-state index in [1.54, 1.807) is 12.3 Å². The highest BCUT2D eigenvalue weighted by Gasteiger charge is 2.11. The molecule has 0 aliphatic carbocycles. The minimum absolute atomic E-state index is 0.191. The zero-order valence-corrected chi connectivity index (χ0v) is 15.0. The number of pyridine rings is 1. The van der Waals surface area contributed by atoms with Crippen molar-refractivity contribution in [3.8, 4) is 5.75 Å². The second-order valence-electron chi connectivity index (χ2n) is 6.40. The highest BCUT2D eigenvalue weighted by Crippen LogP contribution is 2.13. The average Bonchev–Trinajstić information content (AvgIpc) is 2.55. The lowest BCUT2D eigenvalue weighted by Gasteiger charge is -2.23. The van der Waals surface area contributed by atoms with E-state index in [-0.39, 0.29) is 11.2 Å². The largest absolute Gasteiger partial charge is 0.503 e. The number of aromatic nitrogens is 1. The summed E-state index contributed by atoms with van der Waals surface area (Å²) in [6, 6.07) is 9.91. The Morgan fingerprint density at radius 2 is 1.71 bits per heavy atom. The Kier molecular flexibility index (Phi) is 6.62. The maximum Gasteiger partial charge on any atom is 0.223 e. The summed E-state index contributed by atoms with van der Waals surface area (Å²) in [6.45, 7) is 9.78. The van der Waals surface area contributed by atoms with Crippen molar-refractivity contribution < 1.29 is 5.11 Å². The van der Waals surface area contributed by atoms with E-state index in [2.05, 4.69) is 49.9 Å². The van der Waals surface area contributed by atoms with Gasteiger partial charge >= 0.3 is 0 Å². The van der Waals surface area contributed by atoms with Crippen LogP contribution < -0.4 is 5.43 Å². The normalized spacial score (nSPS) is 11.2. The van der Waals surface area contributed by atoms with Gasteiger partial charge in [-0.2, -0.15) is 0 Å². The highest BCUT2D eigenvalue weighted by atomic mass is 16.3. The Bertz CT molecular complexity index is 699. The Hall–Kier alpha value is -2.07. The fourth-order valence-corrected chi connectivity index (χ4v) is 2.91. The first kappa shape index (κ1) is 18.3. The first-order chi connectivity index (χ1) is 11.5. The van der Waals surface area contributed by atoms with E-state index in [9.17, 15) is 9.90 Å². The lowest BCUT2D eigenvalue weighted by molar-refractivity contribution is 0.259. The van der Waals surface area contributed by atoms with Crippen molar-refractivity contribution in [2.24, 2.45) is 0 Å². The van der Waals surface area contributed by atoms with E-state index in [0.29, 0.717) is 6.54 Å². The quantitative estimate of drug-likeness (QED) is 0.806. The molecule has 1 heterocycles. The lowest BCUT2D eigenvalue weighted by atomic mass is 10.1. The van der Waals surface area contributed by atoms with Crippen LogP contribution in [0.2, 0.25) is 0 Å². The molecule has 4 nitrogen and oxygen atoms in total. The van der Waals surface area contributed by atoms with E-state index in [1.807, 2.05) is 4.57 Å². The molecule has 0 aliphatic heterocycles. The number of rotatable bonds is 8. The van der Waals surface area contributed by atoms with Gasteiger partial charge < -0.3 is 9.67 Å². The molecule has 0 unspecified atom stereocenters. The second kappa shape index (κ2) is 8.69. The third-order valence-corrected chi connectivity index (χ3v) is 4.14. The second-order valence-corrected chi connectivity index (χ2v) is 6.40. The molecule has 1 aromatic heterocycles. The molecule has 24 heavy (non-hydrogen) atoms. The first-order valence-corrected chi connectivity index (χ1v) is 8.73. The van der Waals surface area contributed by atoms with Gasteiger partial charge in [0.1, 0.15) is 0 Å². The van der Waals surface area contributed by atoms with Crippen LogP contribution in [0.3, 0.4) is 0 Å². The van der Waals surface area contributed by atoms with Gasteiger partial charge in [0.15, 0.2) is 5.75 Å². The summed E-state index contributed by atoms with van der Waals surface area (Å²) in [5, 5.41) is 9.84. The molecule has 0 saturated heterocycles. The van der Waals surface area contributed by atoms with Crippen molar-refractivity contribution in [2.75, 3.05) is 13.1 Å². The summed E-state index contributed by atoms with van der Waals surface area (Å²) in [5.74, 6) is -0.191. The van der Waals surface area contributed by atoms with Crippen LogP contribution in [0, 0.1) is 6.92 Å². The van der Waals surface area contributed by atoms with Gasteiger partial charge in [0.05, 0.1) is 6.20 Å². The van der Waals surface area contributed by atoms with Gasteiger partial charge in [-0.3, -0.25) is 9.69 Å². The molecule has 0 aliphatic rings. The number of hydrogen-bond donors (Lipinski definition) is 1. The van der Waals surface area contributed by atoms with E-state index in [4.69, 9.17) is 0 Å². The van der Waals surface area contributed by atoms with Gasteiger partial charge in [0.25, 0.3) is 0 Å². The third-order valence-electron chi connectivity index (χ3n) is 4.14. The molecule has 1 N–H and O–H groups in total. The van der Waals surface area contributed by atoms with Crippen LogP contribution in [0.25, 0.3) is 0 Å². The predicted octanol–water partition coefficient (Wildman–Crippen LogP) is 3.53. The van der Waals surface area contributed by atoms with E-state index >= 15 is 0 Å². The number of hydrogen-bond acceptors (Lipinski definition) is 3. The monoisotopic (exact) mass is 328 g/mol. The molecular weight excluding hydrogens is 300 g/mol. The van der Waals surface area contributed by atoms with Gasteiger partial charge in [-0.15, -0.1) is 0 Å². The topological polar surface area (TPSA) is 45.5 Å². The molecule has 1 aromatic carbocycles. The summed E-state index contributed by atoms with van der Waals surface area (Å²) in [6.07, 6.45) is 3.73. The SMILES string of the molecule is CCCN(CCC)Cc1cc(=O)c(O)cn1Cc1ccc(C)cc1. The molecule has 0 radical (unpaired) electrons. The van der Waals surface area contributed by atoms with Gasteiger partial charge in [0, 0.05) is 24.8 Å². The molecule has 0 amide bonds. The molecule has 0 bridgehead atoms. The van der Waals surface area contributed by atoms with E-state index < -0.39 is 0 Å². The van der Waals surface area contributed by atoms with Crippen LogP contribution in [-0.2, 0) is 13.1 Å². The number of nitrogens with zero attached hydrogens (tertiary/aromatic N) is 2. The van der Waals surface area contributed by atoms with Crippen molar-refractivity contribution in [3.63, 3.8) is 0 Å². The smallest absolute Gasteiger partial charge is 0.223 e. The van der Waals surface area contributed by atoms with E-state index in [1.165, 1.54) is 5.56 Å². The van der Waals surface area contributed by atoms with Crippen molar-refractivity contribution in [1.29, 1.82) is 0 Å². The van der Waals surface area contributed by atoms with Crippen LogP contribution in [-0.4, -0.2) is 27.7 Å². The standard InChI is InChI=1S/C20H28N2O2/c1-4-10-21(11-5-2)14-18-12-19(23)20(24)15-22(18)13-17-8-6-16(3)7-9-17/h6-9,12,15,24H,4-5,10-11,13-14H2,1-3H3. The van der Waals surface area contributed by atoms with Crippen molar-refractivity contribution >= 4 is 0 Å². The molecule has 2 aromatic rings. The zero-order chi connectivity index (χ0) is 17.5. The van der Waals surface area contributed by atoms with Gasteiger partial charge in [-0.1, -0.05) is 43.7 Å². The minimum Gasteiger partial charge on any atom is -0.503 e. The number of aromatic hydroxyl groups is 1. The fourth-order valence-electron chi connectivity index (χ4n) is 2.91. The Labute approximate surface area is 144 Å². The third kappa shape index (κ3) is 4.96. The van der Waals surface area contributed by atoms with Gasteiger partial charge in [-0.05, 0) is 38.4 Å². The maximum atomic E-state index is 11.9. The maximum absolute atomic E-state index is 11.9. The molecule has 0 fully saturated rings. The predicted molar refractivity (Wildman–Crippen MR) is 98.5 cm³/mol. The van der Waals surface area contributed by atoms with Gasteiger partial charge in [0.2, 0.25) is 5.43 Å². The van der Waals surface area contributed by atoms with Crippen molar-refractivity contribution in [2.45, 2.75) is 46.7 Å². The summed E-state index contributed by atoms with van der Waals surface area (Å²) in [4.78, 5) is 14.3. The Morgan fingerprint density at radius 3 is 2.29 bits per heavy atom. The molecule has 2 rings (SSSR count). The lowest BCUT2D eigenvalue weighted by Crippen LogP contribution is -2.28. The molecule has 0 spiro atoms. The van der Waals surface area contributed by atoms with Crippen LogP contribution in [0.15, 0.2) is 41.3 Å². The van der Waals surface area contributed by atoms with E-state index in [0.717, 1.165) is 43.7 Å². The van der Waals surface area contributed by atoms with Crippen LogP contribution in [0.4, 0.5) is 0 Å². The molecule has 0 saturated carbocycles. The van der Waals surface area contributed by atoms with Gasteiger partial charge in [-0.25, -0.2) is 0 Å². The molecule has 4 heteroatoms. The van der Waals surface area contributed by atoms with Crippen molar-refractivity contribution in [1.82, 2.24) is 9.47 Å². The summed E-state index contributed by atoms with van der Waals surface area (Å²) in [5.41, 5.74) is 3.01. The molecular formula is C20H28N2O2. The number of aryl methyl sites for hydroxylation is 1. The fraction of sp³-hybridized carbons (Fsp3) is 0.450. The Balaban J connectivity index is 2.29. The van der Waals surface area contributed by atoms with Crippen LogP contribution in [0.1, 0.15) is 43.5 Å². The highest BCUT2D eigenvalue weighted by molar-refractivity contribution is 5.25. The average molecular weight is 328 g/mol. The van der Waals surface area contributed by atoms with Crippen LogP contribution >= 0.6 is 0 Å². The molecule has 130 valence electrons.